The second-order valence-electron chi connectivity index (χ2n) is 11.1. The Morgan fingerprint density at radius 3 is 2.02 bits per heavy atom. The number of nitrogens with zero attached hydrogens (tertiary/aromatic N) is 2. The van der Waals surface area contributed by atoms with Crippen LogP contribution in [0, 0.1) is 6.92 Å². The van der Waals surface area contributed by atoms with Gasteiger partial charge in [0.15, 0.2) is 0 Å². The van der Waals surface area contributed by atoms with Crippen molar-refractivity contribution < 1.29 is 23.8 Å². The third-order valence-electron chi connectivity index (χ3n) is 6.89. The molecule has 0 unspecified atom stereocenters. The van der Waals surface area contributed by atoms with Crippen LogP contribution in [0.4, 0.5) is 0 Å². The summed E-state index contributed by atoms with van der Waals surface area (Å²) in [6.45, 7) is 15.6. The van der Waals surface area contributed by atoms with Crippen molar-refractivity contribution in [3.05, 3.63) is 88.4 Å². The molecular weight excluding hydrogens is 530 g/mol. The van der Waals surface area contributed by atoms with E-state index in [1.807, 2.05) is 75.5 Å². The first-order valence-electron chi connectivity index (χ1n) is 14.5. The highest BCUT2D eigenvalue weighted by Gasteiger charge is 2.41. The fourth-order valence-electron chi connectivity index (χ4n) is 5.13. The summed E-state index contributed by atoms with van der Waals surface area (Å²) in [5.41, 5.74) is 5.93. The Morgan fingerprint density at radius 2 is 1.50 bits per heavy atom. The number of nitrogens with one attached hydrogen (secondary N) is 1. The number of hydrogen-bond donors (Lipinski definition) is 1. The second kappa shape index (κ2) is 13.1. The molecule has 42 heavy (non-hydrogen) atoms. The van der Waals surface area contributed by atoms with Crippen LogP contribution in [-0.2, 0) is 19.1 Å². The van der Waals surface area contributed by atoms with Crippen LogP contribution >= 0.6 is 0 Å². The topological polar surface area (TPSA) is 91.7 Å². The number of ether oxygens (including phenoxy) is 3. The molecule has 0 atom stereocenters. The summed E-state index contributed by atoms with van der Waals surface area (Å²) in [4.78, 5) is 27.4. The van der Waals surface area contributed by atoms with Gasteiger partial charge in [0, 0.05) is 28.7 Å². The number of aromatic nitrogens is 2. The molecule has 8 heteroatoms. The van der Waals surface area contributed by atoms with Gasteiger partial charge in [0.05, 0.1) is 47.3 Å². The van der Waals surface area contributed by atoms with Crippen molar-refractivity contribution in [2.75, 3.05) is 6.61 Å². The molecule has 0 radical (unpaired) electrons. The zero-order valence-electron chi connectivity index (χ0n) is 25.8. The molecule has 8 nitrogen and oxygen atoms in total. The Labute approximate surface area is 248 Å². The molecule has 1 N–H and O–H groups in total. The molecule has 0 fully saturated rings. The average molecular weight is 572 g/mol. The van der Waals surface area contributed by atoms with Gasteiger partial charge in [-0.1, -0.05) is 25.1 Å². The number of carbonyl (C=O) groups is 2. The number of para-hydroxylation sites is 1. The molecule has 0 saturated heterocycles. The van der Waals surface area contributed by atoms with Crippen molar-refractivity contribution in [1.82, 2.24) is 15.1 Å². The normalized spacial score (nSPS) is 14.0. The Kier molecular flexibility index (Phi) is 9.55. The predicted octanol–water partition coefficient (Wildman–Crippen LogP) is 6.77. The van der Waals surface area contributed by atoms with Gasteiger partial charge in [0.1, 0.15) is 5.75 Å². The molecule has 0 spiro atoms. The van der Waals surface area contributed by atoms with Gasteiger partial charge in [-0.05, 0) is 90.8 Å². The highest BCUT2D eigenvalue weighted by atomic mass is 16.5. The Balaban J connectivity index is 2.00. The Hall–Kier alpha value is -4.33. The number of rotatable bonds is 10. The van der Waals surface area contributed by atoms with E-state index in [1.165, 1.54) is 0 Å². The van der Waals surface area contributed by atoms with E-state index in [4.69, 9.17) is 19.3 Å². The van der Waals surface area contributed by atoms with Crippen LogP contribution in [0.5, 0.6) is 5.75 Å². The van der Waals surface area contributed by atoms with E-state index in [2.05, 4.69) is 12.2 Å². The van der Waals surface area contributed by atoms with Crippen LogP contribution in [-0.4, -0.2) is 40.5 Å². The van der Waals surface area contributed by atoms with Gasteiger partial charge >= 0.3 is 11.9 Å². The van der Waals surface area contributed by atoms with Gasteiger partial charge in [0.25, 0.3) is 0 Å². The first-order valence-corrected chi connectivity index (χ1v) is 14.5. The average Bonchev–Trinajstić information content (AvgIpc) is 3.36. The molecule has 1 aliphatic heterocycles. The number of allylic oxidation sites excluding steroid dienone is 2. The molecule has 0 aliphatic carbocycles. The second-order valence-corrected chi connectivity index (χ2v) is 11.1. The monoisotopic (exact) mass is 571 g/mol. The largest absolute Gasteiger partial charge is 0.494 e. The van der Waals surface area contributed by atoms with Gasteiger partial charge < -0.3 is 19.5 Å². The summed E-state index contributed by atoms with van der Waals surface area (Å²) < 4.78 is 19.1. The van der Waals surface area contributed by atoms with E-state index < -0.39 is 17.9 Å². The molecule has 2 heterocycles. The summed E-state index contributed by atoms with van der Waals surface area (Å²) >= 11 is 0. The maximum Gasteiger partial charge on any atom is 0.337 e. The lowest BCUT2D eigenvalue weighted by atomic mass is 9.79. The zero-order chi connectivity index (χ0) is 30.6. The van der Waals surface area contributed by atoms with Crippen LogP contribution in [0.25, 0.3) is 16.9 Å². The molecule has 3 aromatic rings. The van der Waals surface area contributed by atoms with E-state index in [-0.39, 0.29) is 12.2 Å². The molecule has 0 amide bonds. The lowest BCUT2D eigenvalue weighted by Crippen LogP contribution is -2.33. The quantitative estimate of drug-likeness (QED) is 0.268. The lowest BCUT2D eigenvalue weighted by Gasteiger charge is -2.31. The number of esters is 2. The number of dihydropyridines is 1. The fraction of sp³-hybridized carbons (Fsp3) is 0.382. The maximum atomic E-state index is 13.7. The van der Waals surface area contributed by atoms with Gasteiger partial charge in [-0.15, -0.1) is 0 Å². The summed E-state index contributed by atoms with van der Waals surface area (Å²) in [5.74, 6) is -1.01. The fourth-order valence-corrected chi connectivity index (χ4v) is 5.13. The van der Waals surface area contributed by atoms with Crippen LogP contribution in [0.2, 0.25) is 0 Å². The lowest BCUT2D eigenvalue weighted by molar-refractivity contribution is -0.143. The molecule has 0 saturated carbocycles. The molecule has 2 aromatic carbocycles. The van der Waals surface area contributed by atoms with Crippen molar-refractivity contribution in [3.8, 4) is 22.7 Å². The number of aryl methyl sites for hydroxylation is 1. The SMILES string of the molecule is CCCOc1ccc(-c2nn(-c3ccccc3)cc2C2C(C(=O)OC(C)C)=C(C)NC(C)=C2C(=O)OC(C)C)c(C)c1. The van der Waals surface area contributed by atoms with Gasteiger partial charge in [-0.2, -0.15) is 5.10 Å². The van der Waals surface area contributed by atoms with E-state index >= 15 is 0 Å². The standard InChI is InChI=1S/C34H41N3O5/c1-9-17-40-26-15-16-27(22(6)18-26)32-28(19-37(36-32)25-13-11-10-12-14-25)31-29(33(38)41-20(2)3)23(7)35-24(8)30(31)34(39)42-21(4)5/h10-16,18-21,31,35H,9,17H2,1-8H3. The molecule has 0 bridgehead atoms. The highest BCUT2D eigenvalue weighted by Crippen LogP contribution is 2.44. The van der Waals surface area contributed by atoms with Crippen molar-refractivity contribution in [1.29, 1.82) is 0 Å². The third kappa shape index (κ3) is 6.59. The minimum Gasteiger partial charge on any atom is -0.494 e. The van der Waals surface area contributed by atoms with Crippen LogP contribution < -0.4 is 10.1 Å². The number of hydrogen-bond acceptors (Lipinski definition) is 7. The van der Waals surface area contributed by atoms with Crippen molar-refractivity contribution in [2.45, 2.75) is 79.9 Å². The summed E-state index contributed by atoms with van der Waals surface area (Å²) in [6, 6.07) is 15.6. The third-order valence-corrected chi connectivity index (χ3v) is 6.89. The van der Waals surface area contributed by atoms with Crippen molar-refractivity contribution in [3.63, 3.8) is 0 Å². The minimum atomic E-state index is -0.786. The first kappa shape index (κ1) is 30.6. The van der Waals surface area contributed by atoms with Gasteiger partial charge in [-0.3, -0.25) is 0 Å². The van der Waals surface area contributed by atoms with E-state index in [0.29, 0.717) is 40.4 Å². The van der Waals surface area contributed by atoms with Crippen molar-refractivity contribution >= 4 is 11.9 Å². The van der Waals surface area contributed by atoms with Crippen molar-refractivity contribution in [2.24, 2.45) is 0 Å². The highest BCUT2D eigenvalue weighted by molar-refractivity contribution is 6.00. The molecular formula is C34H41N3O5. The Morgan fingerprint density at radius 1 is 0.905 bits per heavy atom. The molecule has 222 valence electrons. The number of benzene rings is 2. The van der Waals surface area contributed by atoms with Crippen LogP contribution in [0.1, 0.15) is 71.9 Å². The smallest absolute Gasteiger partial charge is 0.337 e. The minimum absolute atomic E-state index is 0.346. The summed E-state index contributed by atoms with van der Waals surface area (Å²) in [7, 11) is 0. The van der Waals surface area contributed by atoms with Gasteiger partial charge in [-0.25, -0.2) is 14.3 Å². The predicted molar refractivity (Wildman–Crippen MR) is 163 cm³/mol. The van der Waals surface area contributed by atoms with Crippen LogP contribution in [0.15, 0.2) is 77.3 Å². The molecule has 1 aliphatic rings. The van der Waals surface area contributed by atoms with E-state index in [9.17, 15) is 9.59 Å². The zero-order valence-corrected chi connectivity index (χ0v) is 25.8. The first-order chi connectivity index (χ1) is 20.0. The van der Waals surface area contributed by atoms with E-state index in [1.54, 1.807) is 32.4 Å². The Bertz CT molecular complexity index is 1470. The van der Waals surface area contributed by atoms with E-state index in [0.717, 1.165) is 29.0 Å². The summed E-state index contributed by atoms with van der Waals surface area (Å²) in [5, 5.41) is 8.28. The molecule has 1 aromatic heterocycles. The molecule has 4 rings (SSSR count). The summed E-state index contributed by atoms with van der Waals surface area (Å²) in [6.07, 6.45) is 2.11. The van der Waals surface area contributed by atoms with Gasteiger partial charge in [0.2, 0.25) is 0 Å². The number of carbonyl (C=O) groups excluding carboxylic acids is 2. The van der Waals surface area contributed by atoms with Crippen LogP contribution in [0.3, 0.4) is 0 Å². The maximum absolute atomic E-state index is 13.7.